The lowest BCUT2D eigenvalue weighted by Gasteiger charge is -2.32. The van der Waals surface area contributed by atoms with Crippen LogP contribution >= 0.6 is 0 Å². The van der Waals surface area contributed by atoms with Crippen molar-refractivity contribution in [3.63, 3.8) is 0 Å². The molecule has 0 spiro atoms. The van der Waals surface area contributed by atoms with Gasteiger partial charge in [-0.05, 0) is 47.7 Å². The van der Waals surface area contributed by atoms with E-state index >= 15 is 0 Å². The molecule has 16 heavy (non-hydrogen) atoms. The summed E-state index contributed by atoms with van der Waals surface area (Å²) in [6, 6.07) is 0.186. The van der Waals surface area contributed by atoms with Crippen LogP contribution < -0.4 is 11.1 Å². The van der Waals surface area contributed by atoms with Gasteiger partial charge in [0.1, 0.15) is 0 Å². The fourth-order valence-electron chi connectivity index (χ4n) is 1.15. The number of hydrogen-bond donors (Lipinski definition) is 2. The molecule has 4 heteroatoms. The predicted molar refractivity (Wildman–Crippen MR) is 68.3 cm³/mol. The van der Waals surface area contributed by atoms with Gasteiger partial charge in [0.15, 0.2) is 0 Å². The minimum atomic E-state index is -0.00316. The summed E-state index contributed by atoms with van der Waals surface area (Å²) in [6.07, 6.45) is 2.35. The van der Waals surface area contributed by atoms with Crippen molar-refractivity contribution in [1.29, 1.82) is 0 Å². The monoisotopic (exact) mass is 229 g/mol. The third kappa shape index (κ3) is 6.80. The second kappa shape index (κ2) is 6.86. The number of likely N-dealkylation sites (N-methyl/N-ethyl adjacent to an activating group) is 1. The van der Waals surface area contributed by atoms with Gasteiger partial charge in [-0.2, -0.15) is 0 Å². The highest BCUT2D eigenvalue weighted by atomic mass is 16.1. The third-order valence-corrected chi connectivity index (χ3v) is 2.99. The molecule has 0 fully saturated rings. The number of carbonyl (C=O) groups excluding carboxylic acids is 1. The molecule has 0 heterocycles. The Morgan fingerprint density at radius 1 is 1.44 bits per heavy atom. The standard InChI is InChI=1S/C12H27N3O/c1-10(13)7-6-8-11(16)14-9-12(2,3)15(4)5/h10H,6-9,13H2,1-5H3,(H,14,16). The Balaban J connectivity index is 3.73. The van der Waals surface area contributed by atoms with Crippen LogP contribution in [-0.4, -0.2) is 43.0 Å². The van der Waals surface area contributed by atoms with E-state index in [1.807, 2.05) is 21.0 Å². The molecule has 0 aromatic carbocycles. The van der Waals surface area contributed by atoms with Gasteiger partial charge in [0.25, 0.3) is 0 Å². The van der Waals surface area contributed by atoms with Crippen molar-refractivity contribution < 1.29 is 4.79 Å². The van der Waals surface area contributed by atoms with Crippen molar-refractivity contribution in [3.05, 3.63) is 0 Å². The molecule has 0 aromatic heterocycles. The van der Waals surface area contributed by atoms with E-state index in [9.17, 15) is 4.79 Å². The first kappa shape index (κ1) is 15.4. The maximum absolute atomic E-state index is 11.5. The Kier molecular flexibility index (Phi) is 6.60. The molecule has 96 valence electrons. The van der Waals surface area contributed by atoms with Crippen LogP contribution in [0.4, 0.5) is 0 Å². The van der Waals surface area contributed by atoms with Gasteiger partial charge in [0.05, 0.1) is 0 Å². The van der Waals surface area contributed by atoms with Crippen LogP contribution in [0, 0.1) is 0 Å². The second-order valence-electron chi connectivity index (χ2n) is 5.35. The maximum atomic E-state index is 11.5. The first-order chi connectivity index (χ1) is 7.25. The van der Waals surface area contributed by atoms with Crippen molar-refractivity contribution >= 4 is 5.91 Å². The van der Waals surface area contributed by atoms with Crippen LogP contribution in [0.25, 0.3) is 0 Å². The number of nitrogens with two attached hydrogens (primary N) is 1. The van der Waals surface area contributed by atoms with Crippen molar-refractivity contribution in [2.45, 2.75) is 51.6 Å². The summed E-state index contributed by atoms with van der Waals surface area (Å²) in [5.74, 6) is 0.121. The fraction of sp³-hybridized carbons (Fsp3) is 0.917. The first-order valence-electron chi connectivity index (χ1n) is 5.95. The summed E-state index contributed by atoms with van der Waals surface area (Å²) in [6.45, 7) is 6.86. The quantitative estimate of drug-likeness (QED) is 0.683. The number of rotatable bonds is 7. The SMILES string of the molecule is CC(N)CCCC(=O)NCC(C)(C)N(C)C. The minimum Gasteiger partial charge on any atom is -0.354 e. The average Bonchev–Trinajstić information content (AvgIpc) is 2.14. The van der Waals surface area contributed by atoms with E-state index in [0.29, 0.717) is 13.0 Å². The molecule has 0 aliphatic heterocycles. The van der Waals surface area contributed by atoms with Gasteiger partial charge in [-0.3, -0.25) is 4.79 Å². The van der Waals surface area contributed by atoms with E-state index in [1.54, 1.807) is 0 Å². The van der Waals surface area contributed by atoms with E-state index in [0.717, 1.165) is 12.8 Å². The molecule has 0 bridgehead atoms. The summed E-state index contributed by atoms with van der Waals surface area (Å²) in [7, 11) is 4.03. The Labute approximate surface area is 99.6 Å². The zero-order valence-corrected chi connectivity index (χ0v) is 11.3. The van der Waals surface area contributed by atoms with Crippen LogP contribution in [0.3, 0.4) is 0 Å². The second-order valence-corrected chi connectivity index (χ2v) is 5.35. The zero-order chi connectivity index (χ0) is 12.8. The highest BCUT2D eigenvalue weighted by molar-refractivity contribution is 5.75. The molecule has 0 aromatic rings. The highest BCUT2D eigenvalue weighted by Gasteiger charge is 2.20. The van der Waals surface area contributed by atoms with E-state index in [1.165, 1.54) is 0 Å². The Hall–Kier alpha value is -0.610. The van der Waals surface area contributed by atoms with E-state index in [4.69, 9.17) is 5.73 Å². The lowest BCUT2D eigenvalue weighted by molar-refractivity contribution is -0.121. The number of nitrogens with one attached hydrogen (secondary N) is 1. The Morgan fingerprint density at radius 3 is 2.44 bits per heavy atom. The van der Waals surface area contributed by atoms with Gasteiger partial charge in [-0.1, -0.05) is 0 Å². The highest BCUT2D eigenvalue weighted by Crippen LogP contribution is 2.08. The van der Waals surface area contributed by atoms with Gasteiger partial charge >= 0.3 is 0 Å². The molecule has 3 N–H and O–H groups in total. The maximum Gasteiger partial charge on any atom is 0.220 e. The normalized spacial score (nSPS) is 13.9. The number of nitrogens with zero attached hydrogens (tertiary/aromatic N) is 1. The molecule has 0 radical (unpaired) electrons. The number of amides is 1. The molecule has 4 nitrogen and oxygen atoms in total. The lowest BCUT2D eigenvalue weighted by Crippen LogP contribution is -2.48. The molecule has 0 aliphatic carbocycles. The van der Waals surface area contributed by atoms with E-state index in [2.05, 4.69) is 24.1 Å². The van der Waals surface area contributed by atoms with Crippen LogP contribution in [0.2, 0.25) is 0 Å². The molecule has 1 amide bonds. The molecule has 0 saturated carbocycles. The molecular weight excluding hydrogens is 202 g/mol. The summed E-state index contributed by atoms with van der Waals surface area (Å²) in [5.41, 5.74) is 5.62. The van der Waals surface area contributed by atoms with Crippen LogP contribution in [-0.2, 0) is 4.79 Å². The van der Waals surface area contributed by atoms with Gasteiger partial charge in [-0.25, -0.2) is 0 Å². The Morgan fingerprint density at radius 2 is 2.00 bits per heavy atom. The van der Waals surface area contributed by atoms with Gasteiger partial charge in [-0.15, -0.1) is 0 Å². The van der Waals surface area contributed by atoms with Crippen molar-refractivity contribution in [2.24, 2.45) is 5.73 Å². The van der Waals surface area contributed by atoms with Crippen LogP contribution in [0.15, 0.2) is 0 Å². The predicted octanol–water partition coefficient (Wildman–Crippen LogP) is 0.960. The molecule has 1 unspecified atom stereocenters. The largest absolute Gasteiger partial charge is 0.354 e. The first-order valence-corrected chi connectivity index (χ1v) is 5.95. The zero-order valence-electron chi connectivity index (χ0n) is 11.3. The smallest absolute Gasteiger partial charge is 0.220 e. The Bertz CT molecular complexity index is 212. The summed E-state index contributed by atoms with van der Waals surface area (Å²) in [4.78, 5) is 13.6. The van der Waals surface area contributed by atoms with Crippen LogP contribution in [0.5, 0.6) is 0 Å². The van der Waals surface area contributed by atoms with Crippen molar-refractivity contribution in [3.8, 4) is 0 Å². The van der Waals surface area contributed by atoms with Gasteiger partial charge < -0.3 is 16.0 Å². The summed E-state index contributed by atoms with van der Waals surface area (Å²) >= 11 is 0. The molecular formula is C12H27N3O. The van der Waals surface area contributed by atoms with Crippen LogP contribution in [0.1, 0.15) is 40.0 Å². The average molecular weight is 229 g/mol. The third-order valence-electron chi connectivity index (χ3n) is 2.99. The van der Waals surface area contributed by atoms with Crippen molar-refractivity contribution in [1.82, 2.24) is 10.2 Å². The number of hydrogen-bond acceptors (Lipinski definition) is 3. The topological polar surface area (TPSA) is 58.4 Å². The summed E-state index contributed by atoms with van der Waals surface area (Å²) in [5, 5.41) is 2.96. The fourth-order valence-corrected chi connectivity index (χ4v) is 1.15. The number of carbonyl (C=O) groups is 1. The minimum absolute atomic E-state index is 0.00316. The van der Waals surface area contributed by atoms with E-state index < -0.39 is 0 Å². The molecule has 0 aliphatic rings. The van der Waals surface area contributed by atoms with E-state index in [-0.39, 0.29) is 17.5 Å². The van der Waals surface area contributed by atoms with Gasteiger partial charge in [0, 0.05) is 24.5 Å². The molecule has 0 saturated heterocycles. The summed E-state index contributed by atoms with van der Waals surface area (Å²) < 4.78 is 0. The van der Waals surface area contributed by atoms with Crippen molar-refractivity contribution in [2.75, 3.05) is 20.6 Å². The van der Waals surface area contributed by atoms with Gasteiger partial charge in [0.2, 0.25) is 5.91 Å². The lowest BCUT2D eigenvalue weighted by atomic mass is 10.0. The molecule has 1 atom stereocenters. The molecule has 0 rings (SSSR count).